The van der Waals surface area contributed by atoms with E-state index >= 15 is 0 Å². The van der Waals surface area contributed by atoms with Crippen LogP contribution >= 0.6 is 15.9 Å². The summed E-state index contributed by atoms with van der Waals surface area (Å²) in [5.74, 6) is -0.376. The van der Waals surface area contributed by atoms with Gasteiger partial charge in [0, 0.05) is 18.5 Å². The molecular weight excluding hydrogens is 678 g/mol. The fourth-order valence-electron chi connectivity index (χ4n) is 5.19. The second-order valence-electron chi connectivity index (χ2n) is 12.6. The van der Waals surface area contributed by atoms with Crippen LogP contribution in [-0.4, -0.2) is 50.4 Å². The fourth-order valence-corrected chi connectivity index (χ4v) is 7.32. The lowest BCUT2D eigenvalue weighted by Gasteiger charge is -2.35. The van der Waals surface area contributed by atoms with Gasteiger partial charge in [0.15, 0.2) is 0 Å². The maximum atomic E-state index is 14.6. The normalized spacial score (nSPS) is 12.2. The number of nitrogens with one attached hydrogen (secondary N) is 1. The monoisotopic (exact) mass is 719 g/mol. The molecule has 10 heteroatoms. The Hall–Kier alpha value is -4.15. The summed E-state index contributed by atoms with van der Waals surface area (Å²) in [6, 6.07) is 27.7. The number of sulfonamides is 1. The third-order valence-electron chi connectivity index (χ3n) is 7.52. The van der Waals surface area contributed by atoms with E-state index in [4.69, 9.17) is 4.74 Å². The highest BCUT2D eigenvalue weighted by Gasteiger charge is 2.35. The Morgan fingerprint density at radius 1 is 0.851 bits per heavy atom. The Morgan fingerprint density at radius 2 is 1.51 bits per heavy atom. The number of carbonyl (C=O) groups is 2. The number of carbonyl (C=O) groups excluding carboxylic acids is 2. The highest BCUT2D eigenvalue weighted by atomic mass is 79.9. The van der Waals surface area contributed by atoms with Crippen LogP contribution in [-0.2, 0) is 32.6 Å². The molecule has 4 rings (SSSR count). The summed E-state index contributed by atoms with van der Waals surface area (Å²) in [6.07, 6.45) is 0.239. The minimum atomic E-state index is -4.26. The Labute approximate surface area is 286 Å². The Bertz CT molecular complexity index is 1810. The highest BCUT2D eigenvalue weighted by molar-refractivity contribution is 9.10. The average molecular weight is 721 g/mol. The van der Waals surface area contributed by atoms with Crippen LogP contribution in [0.1, 0.15) is 43.0 Å². The van der Waals surface area contributed by atoms with E-state index in [1.165, 1.54) is 24.1 Å². The van der Waals surface area contributed by atoms with Gasteiger partial charge in [-0.05, 0) is 92.0 Å². The van der Waals surface area contributed by atoms with E-state index in [1.54, 1.807) is 30.3 Å². The van der Waals surface area contributed by atoms with Gasteiger partial charge in [-0.15, -0.1) is 0 Å². The van der Waals surface area contributed by atoms with Crippen LogP contribution in [0.4, 0.5) is 5.69 Å². The van der Waals surface area contributed by atoms with Crippen molar-refractivity contribution < 1.29 is 22.7 Å². The summed E-state index contributed by atoms with van der Waals surface area (Å²) in [6.45, 7) is 9.09. The van der Waals surface area contributed by atoms with Gasteiger partial charge in [0.1, 0.15) is 18.3 Å². The van der Waals surface area contributed by atoms with Gasteiger partial charge >= 0.3 is 0 Å². The van der Waals surface area contributed by atoms with E-state index in [0.29, 0.717) is 15.9 Å². The summed E-state index contributed by atoms with van der Waals surface area (Å²) < 4.78 is 35.5. The van der Waals surface area contributed by atoms with Crippen molar-refractivity contribution in [1.29, 1.82) is 0 Å². The topological polar surface area (TPSA) is 96.0 Å². The quantitative estimate of drug-likeness (QED) is 0.173. The molecule has 0 aliphatic rings. The summed E-state index contributed by atoms with van der Waals surface area (Å²) in [5, 5.41) is 3.05. The molecule has 0 fully saturated rings. The van der Waals surface area contributed by atoms with Gasteiger partial charge in [-0.25, -0.2) is 8.42 Å². The molecule has 0 radical (unpaired) electrons. The van der Waals surface area contributed by atoms with Crippen LogP contribution in [0.2, 0.25) is 0 Å². The smallest absolute Gasteiger partial charge is 0.264 e. The number of amides is 2. The number of rotatable bonds is 12. The zero-order valence-electron chi connectivity index (χ0n) is 27.7. The van der Waals surface area contributed by atoms with Crippen LogP contribution < -0.4 is 14.4 Å². The zero-order valence-corrected chi connectivity index (χ0v) is 30.1. The van der Waals surface area contributed by atoms with Crippen molar-refractivity contribution in [2.24, 2.45) is 0 Å². The van der Waals surface area contributed by atoms with Crippen molar-refractivity contribution in [1.82, 2.24) is 10.2 Å². The summed E-state index contributed by atoms with van der Waals surface area (Å²) in [7, 11) is -2.76. The van der Waals surface area contributed by atoms with E-state index in [0.717, 1.165) is 26.6 Å². The summed E-state index contributed by atoms with van der Waals surface area (Å²) >= 11 is 3.39. The molecule has 0 spiro atoms. The van der Waals surface area contributed by atoms with Crippen molar-refractivity contribution in [3.8, 4) is 5.75 Å². The first-order valence-electron chi connectivity index (χ1n) is 15.3. The van der Waals surface area contributed by atoms with E-state index in [1.807, 2.05) is 89.2 Å². The Kier molecular flexibility index (Phi) is 11.5. The molecule has 4 aromatic rings. The van der Waals surface area contributed by atoms with E-state index in [-0.39, 0.29) is 23.8 Å². The van der Waals surface area contributed by atoms with E-state index in [9.17, 15) is 18.0 Å². The first kappa shape index (κ1) is 35.7. The summed E-state index contributed by atoms with van der Waals surface area (Å²) in [4.78, 5) is 30.1. The number of halogens is 1. The molecule has 8 nitrogen and oxygen atoms in total. The van der Waals surface area contributed by atoms with Gasteiger partial charge in [-0.3, -0.25) is 13.9 Å². The molecule has 0 bridgehead atoms. The standard InChI is InChI=1S/C37H42BrN3O5S/c1-26-15-17-30(18-16-26)41(47(44,45)31-19-20-34(46-6)32(38)23-31)25-35(42)40(24-29-14-10-11-27(2)21-29)33(36(43)39-37(3,4)5)22-28-12-8-7-9-13-28/h7-21,23,33H,22,24-25H2,1-6H3,(H,39,43). The number of hydrogen-bond donors (Lipinski definition) is 1. The van der Waals surface area contributed by atoms with Gasteiger partial charge in [0.2, 0.25) is 11.8 Å². The third kappa shape index (κ3) is 9.45. The van der Waals surface area contributed by atoms with E-state index < -0.39 is 34.1 Å². The highest BCUT2D eigenvalue weighted by Crippen LogP contribution is 2.31. The molecule has 0 aliphatic carbocycles. The van der Waals surface area contributed by atoms with Crippen molar-refractivity contribution >= 4 is 43.5 Å². The Morgan fingerprint density at radius 3 is 2.11 bits per heavy atom. The lowest BCUT2D eigenvalue weighted by atomic mass is 10.0. The average Bonchev–Trinajstić information content (AvgIpc) is 3.01. The fraction of sp³-hybridized carbons (Fsp3) is 0.297. The largest absolute Gasteiger partial charge is 0.496 e. The lowest BCUT2D eigenvalue weighted by Crippen LogP contribution is -2.56. The SMILES string of the molecule is COc1ccc(S(=O)(=O)N(CC(=O)N(Cc2cccc(C)c2)C(Cc2ccccc2)C(=O)NC(C)(C)C)c2ccc(C)cc2)cc1Br. The van der Waals surface area contributed by atoms with Gasteiger partial charge in [0.05, 0.1) is 22.2 Å². The molecule has 0 aromatic heterocycles. The molecule has 0 heterocycles. The van der Waals surface area contributed by atoms with Crippen LogP contribution in [0.15, 0.2) is 106 Å². The van der Waals surface area contributed by atoms with Crippen LogP contribution in [0.3, 0.4) is 0 Å². The second kappa shape index (κ2) is 15.2. The predicted octanol–water partition coefficient (Wildman–Crippen LogP) is 6.82. The van der Waals surface area contributed by atoms with Crippen LogP contribution in [0.25, 0.3) is 0 Å². The van der Waals surface area contributed by atoms with Crippen molar-refractivity contribution in [2.75, 3.05) is 18.0 Å². The first-order valence-corrected chi connectivity index (χ1v) is 17.5. The molecule has 248 valence electrons. The number of anilines is 1. The number of hydrogen-bond acceptors (Lipinski definition) is 5. The molecule has 4 aromatic carbocycles. The minimum absolute atomic E-state index is 0.0184. The maximum Gasteiger partial charge on any atom is 0.264 e. The molecule has 0 saturated heterocycles. The molecule has 1 atom stereocenters. The lowest BCUT2D eigenvalue weighted by molar-refractivity contribution is -0.140. The number of benzene rings is 4. The molecule has 1 unspecified atom stereocenters. The second-order valence-corrected chi connectivity index (χ2v) is 15.3. The molecular formula is C37H42BrN3O5S. The van der Waals surface area contributed by atoms with Crippen LogP contribution in [0, 0.1) is 13.8 Å². The van der Waals surface area contributed by atoms with Crippen molar-refractivity contribution in [2.45, 2.75) is 64.1 Å². The molecule has 47 heavy (non-hydrogen) atoms. The number of methoxy groups -OCH3 is 1. The Balaban J connectivity index is 1.83. The third-order valence-corrected chi connectivity index (χ3v) is 9.91. The minimum Gasteiger partial charge on any atom is -0.496 e. The molecule has 0 saturated carbocycles. The van der Waals surface area contributed by atoms with Crippen molar-refractivity contribution in [3.05, 3.63) is 124 Å². The number of ether oxygens (including phenoxy) is 1. The predicted molar refractivity (Wildman–Crippen MR) is 190 cm³/mol. The number of aryl methyl sites for hydroxylation is 2. The van der Waals surface area contributed by atoms with Gasteiger partial charge in [0.25, 0.3) is 10.0 Å². The van der Waals surface area contributed by atoms with Gasteiger partial charge in [-0.2, -0.15) is 0 Å². The summed E-state index contributed by atoms with van der Waals surface area (Å²) in [5.41, 5.74) is 3.39. The number of nitrogens with zero attached hydrogens (tertiary/aromatic N) is 2. The zero-order chi connectivity index (χ0) is 34.4. The maximum absolute atomic E-state index is 14.6. The van der Waals surface area contributed by atoms with E-state index in [2.05, 4.69) is 21.2 Å². The van der Waals surface area contributed by atoms with Gasteiger partial charge in [-0.1, -0.05) is 77.9 Å². The van der Waals surface area contributed by atoms with Crippen LogP contribution in [0.5, 0.6) is 5.75 Å². The molecule has 2 amide bonds. The van der Waals surface area contributed by atoms with Crippen molar-refractivity contribution in [3.63, 3.8) is 0 Å². The first-order chi connectivity index (χ1) is 22.2. The van der Waals surface area contributed by atoms with Gasteiger partial charge < -0.3 is 15.0 Å². The molecule has 1 N–H and O–H groups in total. The molecule has 0 aliphatic heterocycles.